The van der Waals surface area contributed by atoms with E-state index in [4.69, 9.17) is 0 Å². The van der Waals surface area contributed by atoms with Gasteiger partial charge in [-0.2, -0.15) is 0 Å². The zero-order chi connectivity index (χ0) is 13.3. The average molecular weight is 245 g/mol. The van der Waals surface area contributed by atoms with Crippen molar-refractivity contribution in [2.24, 2.45) is 4.99 Å². The second kappa shape index (κ2) is 4.80. The van der Waals surface area contributed by atoms with Crippen LogP contribution < -0.4 is 10.6 Å². The molecule has 0 saturated heterocycles. The van der Waals surface area contributed by atoms with Gasteiger partial charge < -0.3 is 5.32 Å². The van der Waals surface area contributed by atoms with E-state index in [1.54, 1.807) is 0 Å². The Labute approximate surface area is 108 Å². The molecule has 0 bridgehead atoms. The lowest BCUT2D eigenvalue weighted by molar-refractivity contribution is -0.120. The molecular weight excluding hydrogens is 226 g/mol. The van der Waals surface area contributed by atoms with Crippen LogP contribution in [-0.2, 0) is 4.79 Å². The molecule has 0 radical (unpaired) electrons. The number of rotatable bonds is 2. The molecule has 0 aliphatic carbocycles. The fourth-order valence-electron chi connectivity index (χ4n) is 2.03. The number of carbonyl (C=O) groups is 1. The number of hydrogen-bond acceptors (Lipinski definition) is 3. The van der Waals surface area contributed by atoms with Gasteiger partial charge in [-0.05, 0) is 44.4 Å². The van der Waals surface area contributed by atoms with E-state index in [2.05, 4.69) is 15.6 Å². The van der Waals surface area contributed by atoms with Gasteiger partial charge in [0.2, 0.25) is 0 Å². The maximum atomic E-state index is 12.0. The molecule has 2 N–H and O–H groups in total. The predicted molar refractivity (Wildman–Crippen MR) is 72.5 cm³/mol. The van der Waals surface area contributed by atoms with E-state index < -0.39 is 6.04 Å². The van der Waals surface area contributed by atoms with Crippen LogP contribution in [0.5, 0.6) is 0 Å². The zero-order valence-corrected chi connectivity index (χ0v) is 11.2. The Morgan fingerprint density at radius 1 is 1.33 bits per heavy atom. The highest BCUT2D eigenvalue weighted by Crippen LogP contribution is 2.25. The molecule has 0 fully saturated rings. The average Bonchev–Trinajstić information content (AvgIpc) is 2.62. The van der Waals surface area contributed by atoms with Gasteiger partial charge in [0.25, 0.3) is 5.91 Å². The van der Waals surface area contributed by atoms with Crippen molar-refractivity contribution in [2.45, 2.75) is 39.8 Å². The van der Waals surface area contributed by atoms with Crippen LogP contribution in [0.15, 0.2) is 23.2 Å². The van der Waals surface area contributed by atoms with Gasteiger partial charge in [-0.3, -0.25) is 10.1 Å². The highest BCUT2D eigenvalue weighted by Gasteiger charge is 2.29. The smallest absolute Gasteiger partial charge is 0.256 e. The van der Waals surface area contributed by atoms with Gasteiger partial charge in [-0.25, -0.2) is 4.99 Å². The summed E-state index contributed by atoms with van der Waals surface area (Å²) in [5.74, 6) is 0.507. The first kappa shape index (κ1) is 12.6. The summed E-state index contributed by atoms with van der Waals surface area (Å²) in [6, 6.07) is 5.80. The normalized spacial score (nSPS) is 18.8. The SMILES string of the molecule is Cc1cccc(C2N=C(NC(C)C)NC2=O)c1C. The summed E-state index contributed by atoms with van der Waals surface area (Å²) in [6.07, 6.45) is 0. The lowest BCUT2D eigenvalue weighted by atomic mass is 9.98. The maximum Gasteiger partial charge on any atom is 0.256 e. The number of benzene rings is 1. The minimum absolute atomic E-state index is 0.0631. The van der Waals surface area contributed by atoms with Crippen LogP contribution in [0.25, 0.3) is 0 Å². The third-order valence-electron chi connectivity index (χ3n) is 3.11. The van der Waals surface area contributed by atoms with Crippen molar-refractivity contribution in [3.8, 4) is 0 Å². The van der Waals surface area contributed by atoms with Crippen LogP contribution in [0.2, 0.25) is 0 Å². The van der Waals surface area contributed by atoms with Crippen LogP contribution in [0, 0.1) is 13.8 Å². The van der Waals surface area contributed by atoms with Crippen LogP contribution in [-0.4, -0.2) is 17.9 Å². The molecule has 1 aliphatic heterocycles. The summed E-state index contributed by atoms with van der Waals surface area (Å²) in [5, 5.41) is 5.90. The van der Waals surface area contributed by atoms with Gasteiger partial charge in [-0.1, -0.05) is 18.2 Å². The Kier molecular flexibility index (Phi) is 3.36. The minimum atomic E-state index is -0.425. The minimum Gasteiger partial charge on any atom is -0.354 e. The highest BCUT2D eigenvalue weighted by atomic mass is 16.2. The van der Waals surface area contributed by atoms with Gasteiger partial charge in [0.15, 0.2) is 12.0 Å². The Balaban J connectivity index is 2.31. The highest BCUT2D eigenvalue weighted by molar-refractivity contribution is 6.05. The lowest BCUT2D eigenvalue weighted by Crippen LogP contribution is -2.40. The number of aryl methyl sites for hydroxylation is 1. The van der Waals surface area contributed by atoms with Gasteiger partial charge in [0.05, 0.1) is 0 Å². The second-order valence-corrected chi connectivity index (χ2v) is 4.96. The van der Waals surface area contributed by atoms with Crippen molar-refractivity contribution in [1.82, 2.24) is 10.6 Å². The molecule has 0 spiro atoms. The van der Waals surface area contributed by atoms with Crippen LogP contribution in [0.1, 0.15) is 36.6 Å². The van der Waals surface area contributed by atoms with E-state index in [0.717, 1.165) is 11.1 Å². The Bertz CT molecular complexity index is 506. The first-order chi connectivity index (χ1) is 8.49. The molecule has 1 aromatic carbocycles. The topological polar surface area (TPSA) is 53.5 Å². The largest absolute Gasteiger partial charge is 0.354 e. The molecule has 1 aromatic rings. The van der Waals surface area contributed by atoms with E-state index in [-0.39, 0.29) is 11.9 Å². The summed E-state index contributed by atoms with van der Waals surface area (Å²) < 4.78 is 0. The number of aliphatic imine (C=N–C) groups is 1. The number of nitrogens with zero attached hydrogens (tertiary/aromatic N) is 1. The van der Waals surface area contributed by atoms with E-state index in [1.165, 1.54) is 5.56 Å². The van der Waals surface area contributed by atoms with E-state index in [9.17, 15) is 4.79 Å². The summed E-state index contributed by atoms with van der Waals surface area (Å²) in [7, 11) is 0. The van der Waals surface area contributed by atoms with Gasteiger partial charge >= 0.3 is 0 Å². The van der Waals surface area contributed by atoms with Crippen molar-refractivity contribution in [2.75, 3.05) is 0 Å². The third-order valence-corrected chi connectivity index (χ3v) is 3.11. The third kappa shape index (κ3) is 2.37. The predicted octanol–water partition coefficient (Wildman–Crippen LogP) is 1.83. The molecule has 0 aromatic heterocycles. The molecule has 96 valence electrons. The number of guanidine groups is 1. The van der Waals surface area contributed by atoms with Gasteiger partial charge in [0.1, 0.15) is 0 Å². The Morgan fingerprint density at radius 2 is 2.06 bits per heavy atom. The first-order valence-corrected chi connectivity index (χ1v) is 6.20. The Hall–Kier alpha value is -1.84. The van der Waals surface area contributed by atoms with Gasteiger partial charge in [-0.15, -0.1) is 0 Å². The van der Waals surface area contributed by atoms with Crippen molar-refractivity contribution < 1.29 is 4.79 Å². The maximum absolute atomic E-state index is 12.0. The van der Waals surface area contributed by atoms with Crippen molar-refractivity contribution in [3.05, 3.63) is 34.9 Å². The van der Waals surface area contributed by atoms with Crippen molar-refractivity contribution in [1.29, 1.82) is 0 Å². The zero-order valence-electron chi connectivity index (χ0n) is 11.2. The Morgan fingerprint density at radius 3 is 2.72 bits per heavy atom. The monoisotopic (exact) mass is 245 g/mol. The quantitative estimate of drug-likeness (QED) is 0.835. The molecule has 4 heteroatoms. The number of hydrogen-bond donors (Lipinski definition) is 2. The molecule has 1 unspecified atom stereocenters. The standard InChI is InChI=1S/C14H19N3O/c1-8(2)15-14-16-12(13(18)17-14)11-7-5-6-9(3)10(11)4/h5-8,12H,1-4H3,(H2,15,16,17,18). The molecule has 18 heavy (non-hydrogen) atoms. The number of carbonyl (C=O) groups excluding carboxylic acids is 1. The van der Waals surface area contributed by atoms with Crippen molar-refractivity contribution >= 4 is 11.9 Å². The fraction of sp³-hybridized carbons (Fsp3) is 0.429. The molecular formula is C14H19N3O. The van der Waals surface area contributed by atoms with Crippen LogP contribution in [0.3, 0.4) is 0 Å². The number of amides is 1. The molecule has 0 saturated carbocycles. The second-order valence-electron chi connectivity index (χ2n) is 4.96. The van der Waals surface area contributed by atoms with Crippen molar-refractivity contribution in [3.63, 3.8) is 0 Å². The molecule has 2 rings (SSSR count). The summed E-state index contributed by atoms with van der Waals surface area (Å²) in [4.78, 5) is 16.4. The summed E-state index contributed by atoms with van der Waals surface area (Å²) in [5.41, 5.74) is 3.29. The molecule has 1 amide bonds. The molecule has 1 atom stereocenters. The fourth-order valence-corrected chi connectivity index (χ4v) is 2.03. The van der Waals surface area contributed by atoms with Gasteiger partial charge in [0, 0.05) is 6.04 Å². The molecule has 4 nitrogen and oxygen atoms in total. The summed E-state index contributed by atoms with van der Waals surface area (Å²) in [6.45, 7) is 8.10. The number of nitrogens with one attached hydrogen (secondary N) is 2. The van der Waals surface area contributed by atoms with E-state index in [1.807, 2.05) is 45.9 Å². The van der Waals surface area contributed by atoms with E-state index in [0.29, 0.717) is 5.96 Å². The van der Waals surface area contributed by atoms with Crippen LogP contribution in [0.4, 0.5) is 0 Å². The van der Waals surface area contributed by atoms with E-state index >= 15 is 0 Å². The lowest BCUT2D eigenvalue weighted by Gasteiger charge is -2.10. The summed E-state index contributed by atoms with van der Waals surface area (Å²) >= 11 is 0. The van der Waals surface area contributed by atoms with Crippen LogP contribution >= 0.6 is 0 Å². The first-order valence-electron chi connectivity index (χ1n) is 6.20. The molecule has 1 aliphatic rings. The molecule has 1 heterocycles.